The van der Waals surface area contributed by atoms with Crippen molar-refractivity contribution in [3.05, 3.63) is 47.8 Å². The first-order valence-corrected chi connectivity index (χ1v) is 9.87. The summed E-state index contributed by atoms with van der Waals surface area (Å²) in [6, 6.07) is 8.01. The smallest absolute Gasteiger partial charge is 0.426 e. The van der Waals surface area contributed by atoms with E-state index in [1.54, 1.807) is 11.6 Å². The van der Waals surface area contributed by atoms with Gasteiger partial charge in [0.15, 0.2) is 0 Å². The van der Waals surface area contributed by atoms with Crippen LogP contribution in [0, 0.1) is 12.8 Å². The molecule has 1 aromatic carbocycles. The number of nitrogens with one attached hydrogen (secondary N) is 2. The zero-order valence-corrected chi connectivity index (χ0v) is 17.6. The number of nitrogens with zero attached hydrogens (tertiary/aromatic N) is 2. The van der Waals surface area contributed by atoms with Gasteiger partial charge in [-0.2, -0.15) is 5.10 Å². The van der Waals surface area contributed by atoms with Gasteiger partial charge in [0.25, 0.3) is 5.91 Å². The third-order valence-electron chi connectivity index (χ3n) is 4.72. The van der Waals surface area contributed by atoms with Crippen LogP contribution < -0.4 is 10.6 Å². The van der Waals surface area contributed by atoms with Crippen LogP contribution >= 0.6 is 0 Å². The predicted octanol–water partition coefficient (Wildman–Crippen LogP) is 0.203. The number of hydrogen-bond acceptors (Lipinski definition) is 6. The number of benzene rings is 1. The van der Waals surface area contributed by atoms with Crippen molar-refractivity contribution in [1.82, 2.24) is 20.4 Å². The van der Waals surface area contributed by atoms with Gasteiger partial charge >= 0.3 is 7.12 Å². The average molecular weight is 416 g/mol. The second kappa shape index (κ2) is 10.4. The molecule has 2 aromatic rings. The third kappa shape index (κ3) is 5.91. The second-order valence-corrected chi connectivity index (χ2v) is 7.74. The van der Waals surface area contributed by atoms with Gasteiger partial charge in [-0.15, -0.1) is 0 Å². The van der Waals surface area contributed by atoms with Crippen LogP contribution in [0.4, 0.5) is 0 Å². The Morgan fingerprint density at radius 2 is 1.77 bits per heavy atom. The van der Waals surface area contributed by atoms with Crippen molar-refractivity contribution in [3.63, 3.8) is 0 Å². The third-order valence-corrected chi connectivity index (χ3v) is 4.72. The molecule has 0 spiro atoms. The first-order valence-electron chi connectivity index (χ1n) is 9.87. The molecule has 0 bridgehead atoms. The minimum Gasteiger partial charge on any atom is -0.426 e. The van der Waals surface area contributed by atoms with Crippen LogP contribution in [-0.2, 0) is 4.79 Å². The predicted molar refractivity (Wildman–Crippen MR) is 113 cm³/mol. The van der Waals surface area contributed by atoms with E-state index in [2.05, 4.69) is 15.7 Å². The maximum absolute atomic E-state index is 12.8. The Labute approximate surface area is 176 Å². The molecule has 1 aromatic heterocycles. The average Bonchev–Trinajstić information content (AvgIpc) is 3.06. The van der Waals surface area contributed by atoms with Crippen LogP contribution in [0.2, 0.25) is 0 Å². The summed E-state index contributed by atoms with van der Waals surface area (Å²) in [5.74, 6) is -2.09. The molecule has 2 amide bonds. The molecule has 0 fully saturated rings. The maximum atomic E-state index is 12.8. The Morgan fingerprint density at radius 1 is 1.13 bits per heavy atom. The first-order chi connectivity index (χ1) is 14.1. The molecule has 0 aliphatic rings. The van der Waals surface area contributed by atoms with Crippen molar-refractivity contribution in [2.45, 2.75) is 52.2 Å². The van der Waals surface area contributed by atoms with Gasteiger partial charge in [-0.05, 0) is 38.3 Å². The Hall–Kier alpha value is -2.69. The summed E-state index contributed by atoms with van der Waals surface area (Å²) in [7, 11) is -1.76. The highest BCUT2D eigenvalue weighted by Crippen LogP contribution is 2.14. The summed E-state index contributed by atoms with van der Waals surface area (Å²) >= 11 is 0. The van der Waals surface area contributed by atoms with Crippen molar-refractivity contribution < 1.29 is 24.7 Å². The number of hydrogen-bond donors (Lipinski definition) is 5. The summed E-state index contributed by atoms with van der Waals surface area (Å²) in [4.78, 5) is 25.4. The molecule has 10 heteroatoms. The zero-order valence-electron chi connectivity index (χ0n) is 17.6. The molecule has 5 N–H and O–H groups in total. The van der Waals surface area contributed by atoms with Crippen LogP contribution in [-0.4, -0.2) is 62.0 Å². The molecule has 162 valence electrons. The molecule has 30 heavy (non-hydrogen) atoms. The highest BCUT2D eigenvalue weighted by molar-refractivity contribution is 6.43. The van der Waals surface area contributed by atoms with E-state index < -0.39 is 37.0 Å². The van der Waals surface area contributed by atoms with Crippen molar-refractivity contribution in [2.75, 3.05) is 0 Å². The van der Waals surface area contributed by atoms with Crippen LogP contribution in [0.3, 0.4) is 0 Å². The van der Waals surface area contributed by atoms with E-state index in [1.165, 1.54) is 13.1 Å². The Bertz CT molecular complexity index is 854. The van der Waals surface area contributed by atoms with Gasteiger partial charge in [0.05, 0.1) is 35.2 Å². The van der Waals surface area contributed by atoms with Gasteiger partial charge in [0, 0.05) is 0 Å². The van der Waals surface area contributed by atoms with Gasteiger partial charge in [-0.25, -0.2) is 4.68 Å². The molecule has 0 unspecified atom stereocenters. The molecule has 0 aliphatic heterocycles. The van der Waals surface area contributed by atoms with Crippen LogP contribution in [0.15, 0.2) is 36.5 Å². The summed E-state index contributed by atoms with van der Waals surface area (Å²) in [6.45, 7) is 6.86. The number of carbonyl (C=O) groups excluding carboxylic acids is 2. The minimum atomic E-state index is -1.76. The van der Waals surface area contributed by atoms with Gasteiger partial charge < -0.3 is 25.8 Å². The van der Waals surface area contributed by atoms with Crippen LogP contribution in [0.5, 0.6) is 0 Å². The Morgan fingerprint density at radius 3 is 2.30 bits per heavy atom. The molecular formula is C20H29BN4O5. The number of rotatable bonds is 9. The number of carbonyl (C=O) groups is 2. The molecule has 0 saturated heterocycles. The fraction of sp³-hybridized carbons (Fsp3) is 0.450. The van der Waals surface area contributed by atoms with Gasteiger partial charge in [-0.1, -0.05) is 32.0 Å². The van der Waals surface area contributed by atoms with Gasteiger partial charge in [0.2, 0.25) is 5.91 Å². The molecule has 1 heterocycles. The summed E-state index contributed by atoms with van der Waals surface area (Å²) in [5, 5.41) is 38.3. The Balaban J connectivity index is 2.16. The van der Waals surface area contributed by atoms with E-state index in [9.17, 15) is 24.7 Å². The molecule has 3 atom stereocenters. The first kappa shape index (κ1) is 23.6. The minimum absolute atomic E-state index is 0.100. The summed E-state index contributed by atoms with van der Waals surface area (Å²) < 4.78 is 1.60. The van der Waals surface area contributed by atoms with E-state index in [-0.39, 0.29) is 11.5 Å². The van der Waals surface area contributed by atoms with E-state index in [4.69, 9.17) is 0 Å². The molecule has 0 aliphatic carbocycles. The second-order valence-electron chi connectivity index (χ2n) is 7.74. The lowest BCUT2D eigenvalue weighted by molar-refractivity contribution is -0.125. The number of para-hydroxylation sites is 1. The number of aliphatic hydroxyl groups excluding tert-OH is 1. The summed E-state index contributed by atoms with van der Waals surface area (Å²) in [6.07, 6.45) is 0.523. The highest BCUT2D eigenvalue weighted by Gasteiger charge is 2.32. The van der Waals surface area contributed by atoms with Crippen LogP contribution in [0.1, 0.15) is 43.2 Å². The van der Waals surface area contributed by atoms with Crippen molar-refractivity contribution >= 4 is 18.9 Å². The zero-order chi connectivity index (χ0) is 22.4. The van der Waals surface area contributed by atoms with Gasteiger partial charge in [-0.3, -0.25) is 9.59 Å². The lowest BCUT2D eigenvalue weighted by Gasteiger charge is -2.25. The number of aliphatic hydroxyl groups is 1. The van der Waals surface area contributed by atoms with E-state index in [0.29, 0.717) is 12.1 Å². The lowest BCUT2D eigenvalue weighted by Crippen LogP contribution is -2.57. The number of aromatic nitrogens is 2. The normalized spacial score (nSPS) is 14.1. The molecule has 2 rings (SSSR count). The van der Waals surface area contributed by atoms with E-state index in [0.717, 1.165) is 5.69 Å². The summed E-state index contributed by atoms with van der Waals surface area (Å²) in [5.41, 5.74) is 1.62. The largest absolute Gasteiger partial charge is 0.475 e. The van der Waals surface area contributed by atoms with Gasteiger partial charge in [0.1, 0.15) is 6.04 Å². The van der Waals surface area contributed by atoms with Crippen molar-refractivity contribution in [2.24, 2.45) is 5.92 Å². The quantitative estimate of drug-likeness (QED) is 0.371. The lowest BCUT2D eigenvalue weighted by atomic mass is 9.75. The van der Waals surface area contributed by atoms with E-state index in [1.807, 2.05) is 44.2 Å². The van der Waals surface area contributed by atoms with Crippen molar-refractivity contribution in [1.29, 1.82) is 0 Å². The van der Waals surface area contributed by atoms with Crippen LogP contribution in [0.25, 0.3) is 5.69 Å². The fourth-order valence-corrected chi connectivity index (χ4v) is 3.12. The molecule has 0 saturated carbocycles. The molecule has 9 nitrogen and oxygen atoms in total. The maximum Gasteiger partial charge on any atom is 0.475 e. The standard InChI is InChI=1S/C20H29BN4O5/c1-12(2)10-17(21(29)30)23-20(28)18(14(4)26)24-19(27)16-11-22-25(13(16)3)15-8-6-5-7-9-15/h5-9,11-12,14,17-18,26,29-30H,10H2,1-4H3,(H,23,28)(H,24,27)/t14-,17+,18+/m1/s1. The molecule has 0 radical (unpaired) electrons. The van der Waals surface area contributed by atoms with Crippen molar-refractivity contribution in [3.8, 4) is 5.69 Å². The SMILES string of the molecule is Cc1c(C(=O)N[C@H](C(=O)N[C@@H](CC(C)C)B(O)O)[C@@H](C)O)cnn1-c1ccccc1. The monoisotopic (exact) mass is 416 g/mol. The number of amides is 2. The van der Waals surface area contributed by atoms with E-state index >= 15 is 0 Å². The highest BCUT2D eigenvalue weighted by atomic mass is 16.4. The fourth-order valence-electron chi connectivity index (χ4n) is 3.12. The molecular weight excluding hydrogens is 387 g/mol. The topological polar surface area (TPSA) is 137 Å². The Kier molecular flexibility index (Phi) is 8.16.